The van der Waals surface area contributed by atoms with Crippen LogP contribution in [0.5, 0.6) is 0 Å². The summed E-state index contributed by atoms with van der Waals surface area (Å²) in [4.78, 5) is 12.4. The van der Waals surface area contributed by atoms with Crippen LogP contribution >= 0.6 is 0 Å². The van der Waals surface area contributed by atoms with Gasteiger partial charge >= 0.3 is 0 Å². The largest absolute Gasteiger partial charge is 0.305 e. The molecule has 1 fully saturated rings. The monoisotopic (exact) mass is 231 g/mol. The maximum absolute atomic E-state index is 12.4. The third kappa shape index (κ3) is 2.58. The Balaban J connectivity index is 2.10. The summed E-state index contributed by atoms with van der Waals surface area (Å²) < 4.78 is 0. The van der Waals surface area contributed by atoms with Crippen molar-refractivity contribution in [3.8, 4) is 0 Å². The second-order valence-corrected chi connectivity index (χ2v) is 5.05. The van der Waals surface area contributed by atoms with Gasteiger partial charge in [0.15, 0.2) is 5.78 Å². The summed E-state index contributed by atoms with van der Waals surface area (Å²) in [5.41, 5.74) is 2.11. The van der Waals surface area contributed by atoms with Crippen LogP contribution in [-0.2, 0) is 11.2 Å². The van der Waals surface area contributed by atoms with Gasteiger partial charge in [-0.1, -0.05) is 36.8 Å². The van der Waals surface area contributed by atoms with Crippen molar-refractivity contribution in [2.75, 3.05) is 6.54 Å². The van der Waals surface area contributed by atoms with Gasteiger partial charge in [0, 0.05) is 6.42 Å². The van der Waals surface area contributed by atoms with E-state index in [1.807, 2.05) is 12.1 Å². The highest BCUT2D eigenvalue weighted by atomic mass is 16.1. The Morgan fingerprint density at radius 1 is 1.47 bits per heavy atom. The predicted octanol–water partition coefficient (Wildman–Crippen LogP) is 2.64. The molecule has 1 atom stereocenters. The molecular weight excluding hydrogens is 210 g/mol. The van der Waals surface area contributed by atoms with Crippen molar-refractivity contribution in [2.24, 2.45) is 0 Å². The summed E-state index contributed by atoms with van der Waals surface area (Å²) in [6.45, 7) is 5.15. The van der Waals surface area contributed by atoms with Crippen LogP contribution in [0.4, 0.5) is 0 Å². The molecule has 1 aliphatic heterocycles. The van der Waals surface area contributed by atoms with Crippen LogP contribution < -0.4 is 5.32 Å². The topological polar surface area (TPSA) is 29.1 Å². The summed E-state index contributed by atoms with van der Waals surface area (Å²) in [5.74, 6) is 0.350. The minimum Gasteiger partial charge on any atom is -0.305 e. The summed E-state index contributed by atoms with van der Waals surface area (Å²) in [7, 11) is 0. The lowest BCUT2D eigenvalue weighted by Gasteiger charge is -2.26. The van der Waals surface area contributed by atoms with Gasteiger partial charge in [0.05, 0.1) is 5.54 Å². The normalized spacial score (nSPS) is 23.9. The summed E-state index contributed by atoms with van der Waals surface area (Å²) in [6.07, 6.45) is 3.57. The highest BCUT2D eigenvalue weighted by Gasteiger charge is 2.38. The van der Waals surface area contributed by atoms with Crippen molar-refractivity contribution >= 4 is 5.78 Å². The lowest BCUT2D eigenvalue weighted by Crippen LogP contribution is -2.47. The molecule has 0 amide bonds. The zero-order valence-corrected chi connectivity index (χ0v) is 10.8. The summed E-state index contributed by atoms with van der Waals surface area (Å²) >= 11 is 0. The first-order valence-corrected chi connectivity index (χ1v) is 6.50. The molecule has 92 valence electrons. The average Bonchev–Trinajstić information content (AvgIpc) is 2.78. The molecule has 17 heavy (non-hydrogen) atoms. The molecule has 2 rings (SSSR count). The third-order valence-corrected chi connectivity index (χ3v) is 3.83. The lowest BCUT2D eigenvalue weighted by atomic mass is 9.86. The number of aryl methyl sites for hydroxylation is 1. The fraction of sp³-hybridized carbons (Fsp3) is 0.533. The number of hydrogen-bond donors (Lipinski definition) is 1. The van der Waals surface area contributed by atoms with Crippen molar-refractivity contribution in [2.45, 2.75) is 45.1 Å². The molecular formula is C15H21NO. The molecule has 1 saturated heterocycles. The Hall–Kier alpha value is -1.15. The maximum atomic E-state index is 12.4. The van der Waals surface area contributed by atoms with Crippen molar-refractivity contribution in [1.29, 1.82) is 0 Å². The standard InChI is InChI=1S/C15H21NO/c1-3-15(8-5-9-16-15)14(17)11-13-7-4-6-12(2)10-13/h4,6-7,10,16H,3,5,8-9,11H2,1-2H3. The smallest absolute Gasteiger partial charge is 0.157 e. The molecule has 0 saturated carbocycles. The van der Waals surface area contributed by atoms with Crippen LogP contribution in [0.15, 0.2) is 24.3 Å². The van der Waals surface area contributed by atoms with Crippen molar-refractivity contribution in [3.63, 3.8) is 0 Å². The Kier molecular flexibility index (Phi) is 3.63. The number of nitrogens with one attached hydrogen (secondary N) is 1. The van der Waals surface area contributed by atoms with Gasteiger partial charge in [-0.3, -0.25) is 4.79 Å². The van der Waals surface area contributed by atoms with E-state index in [0.29, 0.717) is 12.2 Å². The third-order valence-electron chi connectivity index (χ3n) is 3.83. The molecule has 0 aromatic heterocycles. The van der Waals surface area contributed by atoms with Crippen molar-refractivity contribution in [3.05, 3.63) is 35.4 Å². The average molecular weight is 231 g/mol. The van der Waals surface area contributed by atoms with E-state index in [1.165, 1.54) is 5.56 Å². The number of carbonyl (C=O) groups is 1. The molecule has 2 heteroatoms. The first-order valence-electron chi connectivity index (χ1n) is 6.50. The molecule has 1 aliphatic rings. The van der Waals surface area contributed by atoms with E-state index in [4.69, 9.17) is 0 Å². The van der Waals surface area contributed by atoms with E-state index >= 15 is 0 Å². The molecule has 1 heterocycles. The molecule has 1 N–H and O–H groups in total. The molecule has 0 spiro atoms. The van der Waals surface area contributed by atoms with Gasteiger partial charge in [0.1, 0.15) is 0 Å². The molecule has 0 radical (unpaired) electrons. The zero-order chi connectivity index (χ0) is 12.3. The number of carbonyl (C=O) groups excluding carboxylic acids is 1. The fourth-order valence-electron chi connectivity index (χ4n) is 2.72. The van der Waals surface area contributed by atoms with Gasteiger partial charge in [-0.15, -0.1) is 0 Å². The Labute approximate surface area is 103 Å². The van der Waals surface area contributed by atoms with Crippen LogP contribution in [0.3, 0.4) is 0 Å². The number of rotatable bonds is 4. The number of benzene rings is 1. The number of hydrogen-bond acceptors (Lipinski definition) is 2. The molecule has 1 aromatic rings. The quantitative estimate of drug-likeness (QED) is 0.863. The van der Waals surface area contributed by atoms with Crippen LogP contribution in [-0.4, -0.2) is 17.9 Å². The molecule has 0 aliphatic carbocycles. The minimum absolute atomic E-state index is 0.246. The number of ketones is 1. The molecule has 1 aromatic carbocycles. The van der Waals surface area contributed by atoms with E-state index in [-0.39, 0.29) is 5.54 Å². The lowest BCUT2D eigenvalue weighted by molar-refractivity contribution is -0.124. The van der Waals surface area contributed by atoms with Gasteiger partial charge in [-0.25, -0.2) is 0 Å². The Morgan fingerprint density at radius 2 is 2.29 bits per heavy atom. The van der Waals surface area contributed by atoms with Crippen LogP contribution in [0, 0.1) is 6.92 Å². The van der Waals surface area contributed by atoms with Gasteiger partial charge < -0.3 is 5.32 Å². The van der Waals surface area contributed by atoms with Gasteiger partial charge in [-0.05, 0) is 38.3 Å². The van der Waals surface area contributed by atoms with Crippen molar-refractivity contribution in [1.82, 2.24) is 5.32 Å². The van der Waals surface area contributed by atoms with Crippen LogP contribution in [0.25, 0.3) is 0 Å². The highest BCUT2D eigenvalue weighted by Crippen LogP contribution is 2.25. The molecule has 1 unspecified atom stereocenters. The Morgan fingerprint density at radius 3 is 2.88 bits per heavy atom. The van der Waals surface area contributed by atoms with E-state index < -0.39 is 0 Å². The van der Waals surface area contributed by atoms with Gasteiger partial charge in [-0.2, -0.15) is 0 Å². The molecule has 0 bridgehead atoms. The highest BCUT2D eigenvalue weighted by molar-refractivity contribution is 5.90. The van der Waals surface area contributed by atoms with Crippen molar-refractivity contribution < 1.29 is 4.79 Å². The van der Waals surface area contributed by atoms with E-state index in [2.05, 4.69) is 31.3 Å². The second-order valence-electron chi connectivity index (χ2n) is 5.05. The van der Waals surface area contributed by atoms with Crippen LogP contribution in [0.1, 0.15) is 37.3 Å². The summed E-state index contributed by atoms with van der Waals surface area (Å²) in [5, 5.41) is 3.40. The zero-order valence-electron chi connectivity index (χ0n) is 10.8. The second kappa shape index (κ2) is 5.01. The summed E-state index contributed by atoms with van der Waals surface area (Å²) in [6, 6.07) is 8.25. The minimum atomic E-state index is -0.246. The van der Waals surface area contributed by atoms with E-state index in [9.17, 15) is 4.79 Å². The van der Waals surface area contributed by atoms with Crippen LogP contribution in [0.2, 0.25) is 0 Å². The maximum Gasteiger partial charge on any atom is 0.157 e. The van der Waals surface area contributed by atoms with E-state index in [1.54, 1.807) is 0 Å². The Bertz CT molecular complexity index is 405. The fourth-order valence-corrected chi connectivity index (χ4v) is 2.72. The SMILES string of the molecule is CCC1(C(=O)Cc2cccc(C)c2)CCCN1. The predicted molar refractivity (Wildman–Crippen MR) is 70.1 cm³/mol. The molecule has 2 nitrogen and oxygen atoms in total. The number of Topliss-reactive ketones (excluding diaryl/α,β-unsaturated/α-hetero) is 1. The van der Waals surface area contributed by atoms with Gasteiger partial charge in [0.25, 0.3) is 0 Å². The van der Waals surface area contributed by atoms with Gasteiger partial charge in [0.2, 0.25) is 0 Å². The first-order chi connectivity index (χ1) is 8.16. The first kappa shape index (κ1) is 12.3. The van der Waals surface area contributed by atoms with E-state index in [0.717, 1.165) is 31.4 Å².